The SMILES string of the molecule is N#Cc1cccc(Cn2c(C(=O)O)cc3cc([N+](=O)[O-])ccc32)c1. The molecule has 1 aromatic heterocycles. The molecule has 24 heavy (non-hydrogen) atoms. The second kappa shape index (κ2) is 5.85. The molecule has 0 saturated carbocycles. The average Bonchev–Trinajstić information content (AvgIpc) is 2.93. The molecule has 118 valence electrons. The van der Waals surface area contributed by atoms with Crippen LogP contribution in [-0.4, -0.2) is 20.6 Å². The van der Waals surface area contributed by atoms with Gasteiger partial charge in [-0.2, -0.15) is 5.26 Å². The highest BCUT2D eigenvalue weighted by Gasteiger charge is 2.17. The van der Waals surface area contributed by atoms with Crippen LogP contribution in [0.4, 0.5) is 5.69 Å². The number of aromatic carboxylic acids is 1. The number of carboxylic acids is 1. The van der Waals surface area contributed by atoms with Crippen LogP contribution in [0.3, 0.4) is 0 Å². The van der Waals surface area contributed by atoms with Crippen molar-refractivity contribution in [1.29, 1.82) is 5.26 Å². The van der Waals surface area contributed by atoms with Gasteiger partial charge in [0.2, 0.25) is 0 Å². The second-order valence-electron chi connectivity index (χ2n) is 5.23. The largest absolute Gasteiger partial charge is 0.477 e. The van der Waals surface area contributed by atoms with Crippen LogP contribution in [0.15, 0.2) is 48.5 Å². The summed E-state index contributed by atoms with van der Waals surface area (Å²) in [7, 11) is 0. The number of aromatic nitrogens is 1. The van der Waals surface area contributed by atoms with Gasteiger partial charge < -0.3 is 9.67 Å². The molecule has 7 nitrogen and oxygen atoms in total. The molecule has 0 bridgehead atoms. The van der Waals surface area contributed by atoms with Crippen molar-refractivity contribution in [1.82, 2.24) is 4.57 Å². The Hall–Kier alpha value is -3.66. The molecule has 7 heteroatoms. The Morgan fingerprint density at radius 3 is 2.71 bits per heavy atom. The van der Waals surface area contributed by atoms with Gasteiger partial charge in [-0.3, -0.25) is 10.1 Å². The number of nitrogens with zero attached hydrogens (tertiary/aromatic N) is 3. The first-order valence-corrected chi connectivity index (χ1v) is 6.99. The molecule has 1 N–H and O–H groups in total. The number of nitriles is 1. The molecule has 0 fully saturated rings. The molecule has 0 aliphatic heterocycles. The van der Waals surface area contributed by atoms with Gasteiger partial charge in [-0.1, -0.05) is 12.1 Å². The summed E-state index contributed by atoms with van der Waals surface area (Å²) < 4.78 is 1.57. The predicted molar refractivity (Wildman–Crippen MR) is 85.8 cm³/mol. The van der Waals surface area contributed by atoms with Crippen molar-refractivity contribution in [3.63, 3.8) is 0 Å². The highest BCUT2D eigenvalue weighted by Crippen LogP contribution is 2.26. The Morgan fingerprint density at radius 2 is 2.04 bits per heavy atom. The molecule has 0 spiro atoms. The first-order chi connectivity index (χ1) is 11.5. The Morgan fingerprint density at radius 1 is 1.25 bits per heavy atom. The Labute approximate surface area is 136 Å². The number of carbonyl (C=O) groups is 1. The number of hydrogen-bond acceptors (Lipinski definition) is 4. The molecule has 1 heterocycles. The number of nitro groups is 1. The molecule has 0 atom stereocenters. The maximum absolute atomic E-state index is 11.5. The van der Waals surface area contributed by atoms with Crippen LogP contribution < -0.4 is 0 Å². The third-order valence-electron chi connectivity index (χ3n) is 3.71. The van der Waals surface area contributed by atoms with E-state index >= 15 is 0 Å². The topological polar surface area (TPSA) is 109 Å². The average molecular weight is 321 g/mol. The van der Waals surface area contributed by atoms with E-state index in [-0.39, 0.29) is 17.9 Å². The van der Waals surface area contributed by atoms with E-state index < -0.39 is 10.9 Å². The number of fused-ring (bicyclic) bond motifs is 1. The maximum Gasteiger partial charge on any atom is 0.352 e. The van der Waals surface area contributed by atoms with Crippen molar-refractivity contribution in [3.8, 4) is 6.07 Å². The van der Waals surface area contributed by atoms with E-state index in [1.54, 1.807) is 28.8 Å². The first-order valence-electron chi connectivity index (χ1n) is 6.99. The zero-order valence-electron chi connectivity index (χ0n) is 12.3. The number of benzene rings is 2. The first kappa shape index (κ1) is 15.2. The molecule has 0 amide bonds. The number of hydrogen-bond donors (Lipinski definition) is 1. The van der Waals surface area contributed by atoms with Crippen LogP contribution in [0.1, 0.15) is 21.6 Å². The molecule has 0 aliphatic rings. The summed E-state index contributed by atoms with van der Waals surface area (Å²) in [5.74, 6) is -1.12. The fraction of sp³-hybridized carbons (Fsp3) is 0.0588. The monoisotopic (exact) mass is 321 g/mol. The van der Waals surface area contributed by atoms with Crippen molar-refractivity contribution >= 4 is 22.6 Å². The van der Waals surface area contributed by atoms with Gasteiger partial charge in [0.05, 0.1) is 16.6 Å². The van der Waals surface area contributed by atoms with E-state index in [1.165, 1.54) is 24.3 Å². The lowest BCUT2D eigenvalue weighted by Gasteiger charge is -2.09. The molecular formula is C17H11N3O4. The van der Waals surface area contributed by atoms with Crippen molar-refractivity contribution in [2.24, 2.45) is 0 Å². The standard InChI is InChI=1S/C17H11N3O4/c18-9-11-2-1-3-12(6-11)10-19-15-5-4-14(20(23)24)7-13(15)8-16(19)17(21)22/h1-8H,10H2,(H,21,22). The van der Waals surface area contributed by atoms with Crippen LogP contribution in [0, 0.1) is 21.4 Å². The molecule has 3 aromatic rings. The summed E-state index contributed by atoms with van der Waals surface area (Å²) in [4.78, 5) is 21.9. The zero-order valence-corrected chi connectivity index (χ0v) is 12.3. The summed E-state index contributed by atoms with van der Waals surface area (Å²) in [5, 5.41) is 29.8. The molecule has 0 aliphatic carbocycles. The van der Waals surface area contributed by atoms with Gasteiger partial charge in [-0.15, -0.1) is 0 Å². The van der Waals surface area contributed by atoms with Gasteiger partial charge in [0.15, 0.2) is 0 Å². The predicted octanol–water partition coefficient (Wildman–Crippen LogP) is 3.17. The molecule has 3 rings (SSSR count). The van der Waals surface area contributed by atoms with Crippen molar-refractivity contribution in [2.45, 2.75) is 6.54 Å². The summed E-state index contributed by atoms with van der Waals surface area (Å²) in [5.41, 5.74) is 1.78. The molecular weight excluding hydrogens is 310 g/mol. The lowest BCUT2D eigenvalue weighted by atomic mass is 10.1. The van der Waals surface area contributed by atoms with Gasteiger partial charge in [0, 0.05) is 29.6 Å². The van der Waals surface area contributed by atoms with Crippen LogP contribution in [0.25, 0.3) is 10.9 Å². The number of carboxylic acid groups (broad SMARTS) is 1. The lowest BCUT2D eigenvalue weighted by Crippen LogP contribution is -2.09. The minimum absolute atomic E-state index is 0.0351. The number of non-ortho nitro benzene ring substituents is 1. The lowest BCUT2D eigenvalue weighted by molar-refractivity contribution is -0.384. The van der Waals surface area contributed by atoms with E-state index in [0.29, 0.717) is 16.5 Å². The van der Waals surface area contributed by atoms with Crippen molar-refractivity contribution in [2.75, 3.05) is 0 Å². The van der Waals surface area contributed by atoms with Crippen LogP contribution in [0.2, 0.25) is 0 Å². The summed E-state index contributed by atoms with van der Waals surface area (Å²) in [6, 6.07) is 14.6. The fourth-order valence-electron chi connectivity index (χ4n) is 2.64. The zero-order chi connectivity index (χ0) is 17.3. The van der Waals surface area contributed by atoms with Gasteiger partial charge in [0.1, 0.15) is 5.69 Å². The van der Waals surface area contributed by atoms with Gasteiger partial charge >= 0.3 is 5.97 Å². The Balaban J connectivity index is 2.14. The number of nitro benzene ring substituents is 1. The van der Waals surface area contributed by atoms with Crippen molar-refractivity contribution in [3.05, 3.63) is 75.5 Å². The third-order valence-corrected chi connectivity index (χ3v) is 3.71. The number of rotatable bonds is 4. The van der Waals surface area contributed by atoms with E-state index in [1.807, 2.05) is 6.07 Å². The summed E-state index contributed by atoms with van der Waals surface area (Å²) in [6.45, 7) is 0.248. The minimum Gasteiger partial charge on any atom is -0.477 e. The normalized spacial score (nSPS) is 10.5. The van der Waals surface area contributed by atoms with Crippen LogP contribution in [-0.2, 0) is 6.54 Å². The quantitative estimate of drug-likeness (QED) is 0.586. The minimum atomic E-state index is -1.12. The Kier molecular flexibility index (Phi) is 3.72. The van der Waals surface area contributed by atoms with E-state index in [4.69, 9.17) is 5.26 Å². The summed E-state index contributed by atoms with van der Waals surface area (Å²) in [6.07, 6.45) is 0. The Bertz CT molecular complexity index is 1010. The highest BCUT2D eigenvalue weighted by atomic mass is 16.6. The molecule has 2 aromatic carbocycles. The van der Waals surface area contributed by atoms with Gasteiger partial charge in [-0.25, -0.2) is 4.79 Å². The summed E-state index contributed by atoms with van der Waals surface area (Å²) >= 11 is 0. The maximum atomic E-state index is 11.5. The molecule has 0 unspecified atom stereocenters. The van der Waals surface area contributed by atoms with Crippen LogP contribution >= 0.6 is 0 Å². The fourth-order valence-corrected chi connectivity index (χ4v) is 2.64. The molecule has 0 saturated heterocycles. The van der Waals surface area contributed by atoms with E-state index in [9.17, 15) is 20.0 Å². The second-order valence-corrected chi connectivity index (χ2v) is 5.23. The smallest absolute Gasteiger partial charge is 0.352 e. The highest BCUT2D eigenvalue weighted by molar-refractivity contribution is 5.95. The van der Waals surface area contributed by atoms with Crippen molar-refractivity contribution < 1.29 is 14.8 Å². The third kappa shape index (κ3) is 2.68. The van der Waals surface area contributed by atoms with Crippen LogP contribution in [0.5, 0.6) is 0 Å². The molecule has 0 radical (unpaired) electrons. The van der Waals surface area contributed by atoms with E-state index in [2.05, 4.69) is 0 Å². The van der Waals surface area contributed by atoms with Gasteiger partial charge in [0.25, 0.3) is 5.69 Å². The van der Waals surface area contributed by atoms with E-state index in [0.717, 1.165) is 5.56 Å². The van der Waals surface area contributed by atoms with Gasteiger partial charge in [-0.05, 0) is 29.8 Å².